The number of phosphoric acid groups is 1. The Kier molecular flexibility index (Phi) is 32.3. The van der Waals surface area contributed by atoms with Crippen molar-refractivity contribution in [3.05, 3.63) is 48.6 Å². The van der Waals surface area contributed by atoms with Gasteiger partial charge in [-0.3, -0.25) is 18.6 Å². The molecule has 0 aliphatic carbocycles. The molecule has 1 aliphatic rings. The summed E-state index contributed by atoms with van der Waals surface area (Å²) in [5.74, 6) is -0.882. The van der Waals surface area contributed by atoms with Crippen molar-refractivity contribution in [3.8, 4) is 0 Å². The summed E-state index contributed by atoms with van der Waals surface area (Å²) >= 11 is 0. The zero-order valence-electron chi connectivity index (χ0n) is 36.8. The van der Waals surface area contributed by atoms with E-state index in [2.05, 4.69) is 62.5 Å². The first kappa shape index (κ1) is 52.9. The first-order valence-electron chi connectivity index (χ1n) is 22.5. The van der Waals surface area contributed by atoms with Crippen LogP contribution < -0.4 is 0 Å². The van der Waals surface area contributed by atoms with Crippen LogP contribution in [0.4, 0.5) is 0 Å². The topological polar surface area (TPSA) is 121 Å². The molecule has 11 heteroatoms. The number of phosphoric ester groups is 1. The molecule has 3 unspecified atom stereocenters. The summed E-state index contributed by atoms with van der Waals surface area (Å²) in [5.41, 5.74) is 0. The van der Waals surface area contributed by atoms with Crippen LogP contribution in [0.15, 0.2) is 48.6 Å². The minimum absolute atomic E-state index is 0.0174. The Hall–Kier alpha value is -2.07. The van der Waals surface area contributed by atoms with Crippen LogP contribution in [0.1, 0.15) is 168 Å². The lowest BCUT2D eigenvalue weighted by Gasteiger charge is -2.24. The summed E-state index contributed by atoms with van der Waals surface area (Å²) in [5, 5.41) is 0. The summed E-state index contributed by atoms with van der Waals surface area (Å²) in [7, 11) is 1.43. The van der Waals surface area contributed by atoms with E-state index in [0.29, 0.717) is 23.9 Å². The number of rotatable bonds is 39. The number of allylic oxidation sites excluding steroid dienone is 7. The van der Waals surface area contributed by atoms with Gasteiger partial charge in [-0.2, -0.15) is 0 Å². The fourth-order valence-corrected chi connectivity index (χ4v) is 6.84. The molecular formula is C46H83NO9P+. The number of carbonyl (C=O) groups is 2. The van der Waals surface area contributed by atoms with Crippen LogP contribution >= 0.6 is 7.82 Å². The van der Waals surface area contributed by atoms with Gasteiger partial charge in [-0.05, 0) is 77.0 Å². The average molecular weight is 825 g/mol. The molecule has 4 atom stereocenters. The van der Waals surface area contributed by atoms with E-state index in [1.807, 2.05) is 21.1 Å². The highest BCUT2D eigenvalue weighted by atomic mass is 31.2. The van der Waals surface area contributed by atoms with Crippen molar-refractivity contribution >= 4 is 19.8 Å². The van der Waals surface area contributed by atoms with Crippen LogP contribution in [0.3, 0.4) is 0 Å². The van der Waals surface area contributed by atoms with Crippen LogP contribution in [-0.2, 0) is 37.4 Å². The third-order valence-corrected chi connectivity index (χ3v) is 10.7. The van der Waals surface area contributed by atoms with Crippen molar-refractivity contribution in [1.29, 1.82) is 0 Å². The largest absolute Gasteiger partial charge is 0.472 e. The van der Waals surface area contributed by atoms with Gasteiger partial charge in [0, 0.05) is 12.8 Å². The summed E-state index contributed by atoms with van der Waals surface area (Å²) in [6.07, 6.45) is 41.7. The quantitative estimate of drug-likeness (QED) is 0.0161. The predicted molar refractivity (Wildman–Crippen MR) is 233 cm³/mol. The molecular weight excluding hydrogens is 741 g/mol. The highest BCUT2D eigenvalue weighted by Crippen LogP contribution is 2.43. The number of esters is 2. The van der Waals surface area contributed by atoms with Crippen molar-refractivity contribution in [2.24, 2.45) is 0 Å². The van der Waals surface area contributed by atoms with Crippen molar-refractivity contribution in [3.63, 3.8) is 0 Å². The number of hydrogen-bond donors (Lipinski definition) is 1. The summed E-state index contributed by atoms with van der Waals surface area (Å²) in [4.78, 5) is 35.5. The maximum Gasteiger partial charge on any atom is 0.472 e. The molecule has 10 nitrogen and oxygen atoms in total. The Balaban J connectivity index is 2.34. The van der Waals surface area contributed by atoms with E-state index in [4.69, 9.17) is 23.3 Å². The van der Waals surface area contributed by atoms with Gasteiger partial charge in [-0.25, -0.2) is 4.57 Å². The summed E-state index contributed by atoms with van der Waals surface area (Å²) < 4.78 is 40.1. The summed E-state index contributed by atoms with van der Waals surface area (Å²) in [6, 6.07) is 0. The Morgan fingerprint density at radius 3 is 1.82 bits per heavy atom. The fraction of sp³-hybridized carbons (Fsp3) is 0.783. The number of hydrogen-bond acceptors (Lipinski definition) is 8. The molecule has 1 aliphatic heterocycles. The van der Waals surface area contributed by atoms with Gasteiger partial charge < -0.3 is 23.6 Å². The Morgan fingerprint density at radius 1 is 0.649 bits per heavy atom. The Labute approximate surface area is 348 Å². The van der Waals surface area contributed by atoms with Gasteiger partial charge in [0.1, 0.15) is 19.8 Å². The lowest BCUT2D eigenvalue weighted by molar-refractivity contribution is -0.870. The number of epoxide rings is 1. The van der Waals surface area contributed by atoms with E-state index < -0.39 is 32.5 Å². The maximum absolute atomic E-state index is 12.7. The number of likely N-dealkylation sites (N-methyl/N-ethyl adjacent to an activating group) is 1. The van der Waals surface area contributed by atoms with E-state index >= 15 is 0 Å². The first-order valence-corrected chi connectivity index (χ1v) is 24.0. The second kappa shape index (κ2) is 34.8. The van der Waals surface area contributed by atoms with E-state index in [-0.39, 0.29) is 38.3 Å². The standard InChI is InChI=1S/C46H82NO9P/c1-6-8-10-12-14-16-18-20-21-22-24-26-28-30-32-36-46(49)55-42(41-54-57(50,51)53-39-38-47(3,4)5)40-52-45(48)37-33-35-44-43(56-44)34-31-29-27-25-23-19-17-15-13-11-9-7-2/h15-18,23,25,29,31,42-44H,6-14,19-22,24,26-28,30,32-41H2,1-5H3/p+1/b17-15-,18-16-,25-23-,31-29-/t42-,43?,44?/m1/s1. The number of nitrogens with zero attached hydrogens (tertiary/aromatic N) is 1. The van der Waals surface area contributed by atoms with Crippen LogP contribution in [0.2, 0.25) is 0 Å². The van der Waals surface area contributed by atoms with Crippen molar-refractivity contribution in [2.45, 2.75) is 186 Å². The molecule has 1 fully saturated rings. The van der Waals surface area contributed by atoms with Crippen molar-refractivity contribution in [2.75, 3.05) is 47.5 Å². The fourth-order valence-electron chi connectivity index (χ4n) is 6.09. The monoisotopic (exact) mass is 825 g/mol. The van der Waals surface area contributed by atoms with Crippen LogP contribution in [0.25, 0.3) is 0 Å². The molecule has 0 bridgehead atoms. The predicted octanol–water partition coefficient (Wildman–Crippen LogP) is 11.7. The molecule has 0 saturated carbocycles. The second-order valence-electron chi connectivity index (χ2n) is 16.5. The second-order valence-corrected chi connectivity index (χ2v) is 17.9. The van der Waals surface area contributed by atoms with E-state index in [1.165, 1.54) is 77.0 Å². The van der Waals surface area contributed by atoms with Gasteiger partial charge in [0.2, 0.25) is 0 Å². The van der Waals surface area contributed by atoms with Crippen LogP contribution in [-0.4, -0.2) is 87.1 Å². The zero-order chi connectivity index (χ0) is 41.9. The number of quaternary nitrogens is 1. The van der Waals surface area contributed by atoms with Gasteiger partial charge >= 0.3 is 19.8 Å². The lowest BCUT2D eigenvalue weighted by atomic mass is 10.1. The molecule has 1 saturated heterocycles. The van der Waals surface area contributed by atoms with Gasteiger partial charge in [-0.1, -0.05) is 127 Å². The smallest absolute Gasteiger partial charge is 0.462 e. The maximum atomic E-state index is 12.7. The normalized spacial score (nSPS) is 17.6. The summed E-state index contributed by atoms with van der Waals surface area (Å²) in [6.45, 7) is 4.28. The molecule has 57 heavy (non-hydrogen) atoms. The third-order valence-electron chi connectivity index (χ3n) is 9.76. The minimum atomic E-state index is -4.40. The van der Waals surface area contributed by atoms with Gasteiger partial charge in [0.05, 0.1) is 40.0 Å². The molecule has 1 N–H and O–H groups in total. The molecule has 0 aromatic rings. The first-order chi connectivity index (χ1) is 27.5. The molecule has 0 aromatic heterocycles. The van der Waals surface area contributed by atoms with E-state index in [1.54, 1.807) is 0 Å². The van der Waals surface area contributed by atoms with Crippen molar-refractivity contribution in [1.82, 2.24) is 0 Å². The average Bonchev–Trinajstić information content (AvgIpc) is 3.91. The zero-order valence-corrected chi connectivity index (χ0v) is 37.7. The Morgan fingerprint density at radius 2 is 1.18 bits per heavy atom. The third kappa shape index (κ3) is 35.6. The van der Waals surface area contributed by atoms with E-state index in [0.717, 1.165) is 51.4 Å². The van der Waals surface area contributed by atoms with Gasteiger partial charge in [0.25, 0.3) is 0 Å². The minimum Gasteiger partial charge on any atom is -0.462 e. The van der Waals surface area contributed by atoms with E-state index in [9.17, 15) is 19.0 Å². The molecule has 1 heterocycles. The molecule has 0 radical (unpaired) electrons. The highest BCUT2D eigenvalue weighted by Gasteiger charge is 2.36. The number of ether oxygens (including phenoxy) is 3. The lowest BCUT2D eigenvalue weighted by Crippen LogP contribution is -2.37. The molecule has 0 aromatic carbocycles. The molecule has 330 valence electrons. The molecule has 0 amide bonds. The SMILES string of the molecule is CCCCC/C=C\C/C=C\C/C=C\CC1OC1CCCC(=O)OC[C@H](COP(=O)(O)OCC[N+](C)(C)C)OC(=O)CCCCCCCCC/C=C\CCCCCC. The number of unbranched alkanes of at least 4 members (excludes halogenated alkanes) is 14. The van der Waals surface area contributed by atoms with Crippen molar-refractivity contribution < 1.29 is 46.8 Å². The Bertz CT molecular complexity index is 1180. The van der Waals surface area contributed by atoms with Gasteiger partial charge in [0.15, 0.2) is 6.10 Å². The van der Waals surface area contributed by atoms with Crippen LogP contribution in [0, 0.1) is 0 Å². The molecule has 0 spiro atoms. The van der Waals surface area contributed by atoms with Gasteiger partial charge in [-0.15, -0.1) is 0 Å². The number of carbonyl (C=O) groups excluding carboxylic acids is 2. The molecule has 1 rings (SSSR count). The van der Waals surface area contributed by atoms with Crippen LogP contribution in [0.5, 0.6) is 0 Å². The highest BCUT2D eigenvalue weighted by molar-refractivity contribution is 7.47.